The van der Waals surface area contributed by atoms with Gasteiger partial charge in [0.15, 0.2) is 5.82 Å². The molecule has 0 unspecified atom stereocenters. The fraction of sp³-hybridized carbons (Fsp3) is 0.0179. The Morgan fingerprint density at radius 1 is 0.178 bits per heavy atom. The third kappa shape index (κ3) is 9.93. The van der Waals surface area contributed by atoms with E-state index in [4.69, 9.17) is 19.9 Å². The lowest BCUT2D eigenvalue weighted by Crippen LogP contribution is -2.25. The monoisotopic (exact) mass is 1500 g/mol. The maximum absolute atomic E-state index is 6.05. The standard InChI is InChI=1S/C112H70N6/c1-7-31-71(32-8-1)103-106(74-35-11-3-12-36-74)117(109(115-103)77-39-15-5-16-40-77)82-61-55-73(56-62-82)102-93-68-81(79-59-65-90-88-47-23-29-53-98(88)111(100(90)69-79)94-49-25-19-43-84(94)85-44-20-26-50-95(85)111)67-92(80-60-66-91-89-48-24-30-54-99(89)112(101(91)70-80)96-51-27-21-45-86(96)87-46-22-28-52-97(87)112)105(93)114-108(113-102)76-57-63-83(64-58-76)118-107(75-37-13-4-14-38-75)104(72-33-9-2-10-34-72)116-110(118)78-41-17-6-18-42-78/h1-70H. The minimum Gasteiger partial charge on any atom is -0.292 e. The number of benzene rings is 17. The molecule has 20 aromatic rings. The zero-order chi connectivity index (χ0) is 77.6. The van der Waals surface area contributed by atoms with Gasteiger partial charge in [0.1, 0.15) is 11.6 Å². The van der Waals surface area contributed by atoms with E-state index in [9.17, 15) is 0 Å². The smallest absolute Gasteiger partial charge is 0.160 e. The Hall–Kier alpha value is -15.5. The Labute approximate surface area is 684 Å². The van der Waals surface area contributed by atoms with Crippen LogP contribution in [0.4, 0.5) is 0 Å². The van der Waals surface area contributed by atoms with Gasteiger partial charge in [0.2, 0.25) is 0 Å². The zero-order valence-corrected chi connectivity index (χ0v) is 64.1. The third-order valence-corrected chi connectivity index (χ3v) is 25.2. The molecule has 6 heteroatoms. The van der Waals surface area contributed by atoms with E-state index >= 15 is 0 Å². The molecule has 3 aromatic heterocycles. The summed E-state index contributed by atoms with van der Waals surface area (Å²) in [6, 6.07) is 155. The van der Waals surface area contributed by atoms with Crippen LogP contribution >= 0.6 is 0 Å². The molecule has 548 valence electrons. The summed E-state index contributed by atoms with van der Waals surface area (Å²) in [5.41, 5.74) is 38.6. The molecule has 0 bridgehead atoms. The molecule has 0 fully saturated rings. The molecule has 118 heavy (non-hydrogen) atoms. The second-order valence-corrected chi connectivity index (χ2v) is 31.3. The first-order valence-corrected chi connectivity index (χ1v) is 40.6. The van der Waals surface area contributed by atoms with Gasteiger partial charge in [-0.25, -0.2) is 19.9 Å². The van der Waals surface area contributed by atoms with Gasteiger partial charge in [-0.2, -0.15) is 0 Å². The summed E-state index contributed by atoms with van der Waals surface area (Å²) in [6.07, 6.45) is 0. The van der Waals surface area contributed by atoms with Crippen LogP contribution in [-0.2, 0) is 10.8 Å². The summed E-state index contributed by atoms with van der Waals surface area (Å²) in [5, 5.41) is 0.918. The summed E-state index contributed by atoms with van der Waals surface area (Å²) in [4.78, 5) is 23.3. The van der Waals surface area contributed by atoms with Gasteiger partial charge in [-0.1, -0.05) is 364 Å². The highest BCUT2D eigenvalue weighted by atomic mass is 15.1. The molecule has 17 aromatic carbocycles. The first-order chi connectivity index (χ1) is 58.5. The van der Waals surface area contributed by atoms with E-state index in [1.807, 2.05) is 0 Å². The molecular weight excluding hydrogens is 1430 g/mol. The van der Waals surface area contributed by atoms with Crippen LogP contribution in [0.2, 0.25) is 0 Å². The van der Waals surface area contributed by atoms with Crippen molar-refractivity contribution in [3.63, 3.8) is 0 Å². The molecular formula is C112H70N6. The van der Waals surface area contributed by atoms with Gasteiger partial charge >= 0.3 is 0 Å². The summed E-state index contributed by atoms with van der Waals surface area (Å²) in [7, 11) is 0. The molecule has 4 aliphatic rings. The lowest BCUT2D eigenvalue weighted by atomic mass is 9.70. The molecule has 6 nitrogen and oxygen atoms in total. The Morgan fingerprint density at radius 3 is 0.856 bits per heavy atom. The molecule has 0 aliphatic heterocycles. The fourth-order valence-corrected chi connectivity index (χ4v) is 20.3. The average Bonchev–Trinajstić information content (AvgIpc) is 1.51. The van der Waals surface area contributed by atoms with Gasteiger partial charge in [-0.05, 0) is 166 Å². The molecule has 2 spiro atoms. The molecule has 0 saturated carbocycles. The minimum absolute atomic E-state index is 0.571. The molecule has 0 atom stereocenters. The average molecular weight is 1500 g/mol. The van der Waals surface area contributed by atoms with Crippen molar-refractivity contribution in [1.82, 2.24) is 29.1 Å². The minimum atomic E-state index is -0.607. The van der Waals surface area contributed by atoms with Crippen LogP contribution in [0, 0.1) is 0 Å². The second-order valence-electron chi connectivity index (χ2n) is 31.3. The predicted octanol–water partition coefficient (Wildman–Crippen LogP) is 27.4. The molecule has 3 heterocycles. The van der Waals surface area contributed by atoms with Gasteiger partial charge in [-0.3, -0.25) is 9.13 Å². The number of hydrogen-bond acceptors (Lipinski definition) is 4. The number of aromatic nitrogens is 6. The predicted molar refractivity (Wildman–Crippen MR) is 481 cm³/mol. The maximum Gasteiger partial charge on any atom is 0.160 e. The molecule has 0 amide bonds. The van der Waals surface area contributed by atoms with E-state index in [-0.39, 0.29) is 0 Å². The van der Waals surface area contributed by atoms with Crippen molar-refractivity contribution in [2.75, 3.05) is 0 Å². The lowest BCUT2D eigenvalue weighted by molar-refractivity contribution is 0.794. The van der Waals surface area contributed by atoms with E-state index in [0.29, 0.717) is 5.82 Å². The van der Waals surface area contributed by atoms with Crippen molar-refractivity contribution < 1.29 is 0 Å². The number of hydrogen-bond donors (Lipinski definition) is 0. The van der Waals surface area contributed by atoms with Gasteiger partial charge in [-0.15, -0.1) is 0 Å². The molecule has 4 aliphatic carbocycles. The third-order valence-electron chi connectivity index (χ3n) is 25.2. The van der Waals surface area contributed by atoms with Gasteiger partial charge in [0.05, 0.1) is 44.8 Å². The molecule has 24 rings (SSSR count). The fourth-order valence-electron chi connectivity index (χ4n) is 20.3. The van der Waals surface area contributed by atoms with Crippen molar-refractivity contribution >= 4 is 10.9 Å². The Balaban J connectivity index is 0.775. The van der Waals surface area contributed by atoms with Crippen LogP contribution in [0.3, 0.4) is 0 Å². The second kappa shape index (κ2) is 26.6. The summed E-state index contributed by atoms with van der Waals surface area (Å²) < 4.78 is 4.66. The highest BCUT2D eigenvalue weighted by Crippen LogP contribution is 2.65. The van der Waals surface area contributed by atoms with Gasteiger partial charge < -0.3 is 0 Å². The van der Waals surface area contributed by atoms with Crippen molar-refractivity contribution in [1.29, 1.82) is 0 Å². The molecule has 0 saturated heterocycles. The summed E-state index contributed by atoms with van der Waals surface area (Å²) >= 11 is 0. The van der Waals surface area contributed by atoms with E-state index in [0.717, 1.165) is 129 Å². The lowest BCUT2D eigenvalue weighted by Gasteiger charge is -2.31. The quantitative estimate of drug-likeness (QED) is 0.122. The van der Waals surface area contributed by atoms with Crippen LogP contribution in [-0.4, -0.2) is 29.1 Å². The van der Waals surface area contributed by atoms with Crippen molar-refractivity contribution in [3.8, 4) is 169 Å². The van der Waals surface area contributed by atoms with Gasteiger partial charge in [0, 0.05) is 66.8 Å². The Bertz CT molecular complexity index is 7310. The number of imidazole rings is 2. The van der Waals surface area contributed by atoms with E-state index in [1.54, 1.807) is 0 Å². The van der Waals surface area contributed by atoms with E-state index < -0.39 is 10.8 Å². The number of fused-ring (bicyclic) bond motifs is 21. The number of rotatable bonds is 12. The van der Waals surface area contributed by atoms with Crippen molar-refractivity contribution in [2.24, 2.45) is 0 Å². The maximum atomic E-state index is 6.05. The van der Waals surface area contributed by atoms with E-state index in [1.165, 1.54) is 89.0 Å². The van der Waals surface area contributed by atoms with Crippen molar-refractivity contribution in [2.45, 2.75) is 10.8 Å². The number of nitrogens with zero attached hydrogens (tertiary/aromatic N) is 6. The summed E-state index contributed by atoms with van der Waals surface area (Å²) in [5.74, 6) is 2.27. The largest absolute Gasteiger partial charge is 0.292 e. The van der Waals surface area contributed by atoms with Crippen molar-refractivity contribution in [3.05, 3.63) is 469 Å². The Morgan fingerprint density at radius 2 is 0.475 bits per heavy atom. The van der Waals surface area contributed by atoms with Crippen LogP contribution in [0.1, 0.15) is 44.5 Å². The first kappa shape index (κ1) is 67.0. The molecule has 0 N–H and O–H groups in total. The highest BCUT2D eigenvalue weighted by Gasteiger charge is 2.53. The van der Waals surface area contributed by atoms with E-state index in [2.05, 4.69) is 434 Å². The van der Waals surface area contributed by atoms with Crippen LogP contribution < -0.4 is 0 Å². The van der Waals surface area contributed by atoms with Gasteiger partial charge in [0.25, 0.3) is 0 Å². The van der Waals surface area contributed by atoms with Crippen LogP contribution in [0.5, 0.6) is 0 Å². The van der Waals surface area contributed by atoms with Crippen LogP contribution in [0.25, 0.3) is 179 Å². The highest BCUT2D eigenvalue weighted by molar-refractivity contribution is 6.07. The first-order valence-electron chi connectivity index (χ1n) is 40.6. The summed E-state index contributed by atoms with van der Waals surface area (Å²) in [6.45, 7) is 0. The zero-order valence-electron chi connectivity index (χ0n) is 64.1. The Kier molecular flexibility index (Phi) is 15.1. The van der Waals surface area contributed by atoms with Crippen LogP contribution in [0.15, 0.2) is 425 Å². The molecule has 0 radical (unpaired) electrons. The topological polar surface area (TPSA) is 61.4 Å². The normalized spacial score (nSPS) is 13.1. The SMILES string of the molecule is c1ccc(-c2nc(-c3ccccc3)n(-c3ccc(-c4nc(-c5ccc(-n6c(-c7ccccc7)nc(-c7ccccc7)c6-c6ccccc6)cc5)c5cc(-c6ccc7c(c6)C6(c8ccccc8-c8ccccc86)c6ccccc6-7)cc(-c6ccc7c(c6)C6(c8ccccc8-c8ccccc86)c6ccccc6-7)c5n4)cc3)c2-c2ccccc2)cc1.